The van der Waals surface area contributed by atoms with Gasteiger partial charge in [0.2, 0.25) is 0 Å². The third kappa shape index (κ3) is 2.40. The zero-order chi connectivity index (χ0) is 13.1. The molecule has 0 aliphatic heterocycles. The largest absolute Gasteiger partial charge is 0.259 e. The van der Waals surface area contributed by atoms with Gasteiger partial charge >= 0.3 is 0 Å². The maximum Gasteiger partial charge on any atom is 0.181 e. The Balaban J connectivity index is 1.92. The highest BCUT2D eigenvalue weighted by Crippen LogP contribution is 2.20. The molecule has 0 saturated carbocycles. The lowest BCUT2D eigenvalue weighted by Gasteiger charge is -1.98. The minimum Gasteiger partial charge on any atom is -0.259 e. The van der Waals surface area contributed by atoms with E-state index in [1.54, 1.807) is 0 Å². The molecule has 0 atom stereocenters. The van der Waals surface area contributed by atoms with Gasteiger partial charge in [0.1, 0.15) is 0 Å². The Bertz CT molecular complexity index is 654. The van der Waals surface area contributed by atoms with Crippen molar-refractivity contribution < 1.29 is 0 Å². The van der Waals surface area contributed by atoms with Crippen LogP contribution in [-0.4, -0.2) is 15.2 Å². The van der Waals surface area contributed by atoms with Gasteiger partial charge < -0.3 is 0 Å². The molecule has 0 aliphatic carbocycles. The lowest BCUT2D eigenvalue weighted by molar-refractivity contribution is 1.10. The quantitative estimate of drug-likeness (QED) is 0.769. The third-order valence-electron chi connectivity index (χ3n) is 3.15. The van der Waals surface area contributed by atoms with Crippen molar-refractivity contribution >= 4 is 0 Å². The number of hydrogen-bond donors (Lipinski definition) is 1. The van der Waals surface area contributed by atoms with Crippen molar-refractivity contribution in [3.05, 3.63) is 60.2 Å². The zero-order valence-electron chi connectivity index (χ0n) is 10.8. The third-order valence-corrected chi connectivity index (χ3v) is 3.15. The van der Waals surface area contributed by atoms with Crippen LogP contribution in [0.3, 0.4) is 0 Å². The van der Waals surface area contributed by atoms with Gasteiger partial charge in [0, 0.05) is 11.1 Å². The van der Waals surface area contributed by atoms with Crippen LogP contribution < -0.4 is 0 Å². The van der Waals surface area contributed by atoms with E-state index in [0.29, 0.717) is 0 Å². The normalized spacial score (nSPS) is 10.6. The highest BCUT2D eigenvalue weighted by molar-refractivity contribution is 5.61. The Morgan fingerprint density at radius 3 is 2.32 bits per heavy atom. The van der Waals surface area contributed by atoms with E-state index in [2.05, 4.69) is 46.4 Å². The van der Waals surface area contributed by atoms with Crippen LogP contribution in [0, 0.1) is 0 Å². The fourth-order valence-electron chi connectivity index (χ4n) is 2.01. The van der Waals surface area contributed by atoms with Crippen molar-refractivity contribution in [3.63, 3.8) is 0 Å². The molecular weight excluding hydrogens is 234 g/mol. The van der Waals surface area contributed by atoms with E-state index in [9.17, 15) is 0 Å². The maximum atomic E-state index is 4.54. The van der Waals surface area contributed by atoms with Gasteiger partial charge in [-0.3, -0.25) is 5.10 Å². The summed E-state index contributed by atoms with van der Waals surface area (Å²) in [5.41, 5.74) is 3.41. The van der Waals surface area contributed by atoms with E-state index >= 15 is 0 Å². The number of aryl methyl sites for hydroxylation is 1. The second-order valence-corrected chi connectivity index (χ2v) is 4.42. The molecule has 0 amide bonds. The molecule has 3 heteroatoms. The topological polar surface area (TPSA) is 41.6 Å². The fourth-order valence-corrected chi connectivity index (χ4v) is 2.01. The van der Waals surface area contributed by atoms with E-state index in [-0.39, 0.29) is 0 Å². The van der Waals surface area contributed by atoms with E-state index in [1.807, 2.05) is 30.3 Å². The zero-order valence-corrected chi connectivity index (χ0v) is 10.8. The smallest absolute Gasteiger partial charge is 0.181 e. The molecular formula is C16H15N3. The number of nitrogens with one attached hydrogen (secondary N) is 1. The van der Waals surface area contributed by atoms with Crippen molar-refractivity contribution in [2.45, 2.75) is 13.3 Å². The molecule has 0 bridgehead atoms. The second kappa shape index (κ2) is 5.06. The minimum absolute atomic E-state index is 0.732. The van der Waals surface area contributed by atoms with Crippen molar-refractivity contribution in [2.24, 2.45) is 0 Å². The molecule has 1 aromatic heterocycles. The predicted octanol–water partition coefficient (Wildman–Crippen LogP) is 3.70. The predicted molar refractivity (Wildman–Crippen MR) is 76.6 cm³/mol. The van der Waals surface area contributed by atoms with Crippen LogP contribution in [0.2, 0.25) is 0 Å². The molecule has 1 N–H and O–H groups in total. The molecule has 0 saturated heterocycles. The van der Waals surface area contributed by atoms with Crippen LogP contribution in [0.5, 0.6) is 0 Å². The van der Waals surface area contributed by atoms with Crippen molar-refractivity contribution in [1.82, 2.24) is 15.2 Å². The van der Waals surface area contributed by atoms with Crippen LogP contribution >= 0.6 is 0 Å². The monoisotopic (exact) mass is 249 g/mol. The average Bonchev–Trinajstić information content (AvgIpc) is 2.98. The van der Waals surface area contributed by atoms with Gasteiger partial charge in [-0.2, -0.15) is 5.10 Å². The number of hydrogen-bond acceptors (Lipinski definition) is 2. The molecule has 94 valence electrons. The van der Waals surface area contributed by atoms with Crippen molar-refractivity contribution in [1.29, 1.82) is 0 Å². The molecule has 2 aromatic carbocycles. The maximum absolute atomic E-state index is 4.54. The van der Waals surface area contributed by atoms with Gasteiger partial charge in [-0.1, -0.05) is 61.5 Å². The molecule has 0 fully saturated rings. The van der Waals surface area contributed by atoms with Crippen LogP contribution in [0.4, 0.5) is 0 Å². The Morgan fingerprint density at radius 2 is 1.63 bits per heavy atom. The number of aromatic nitrogens is 3. The Labute approximate surface area is 112 Å². The van der Waals surface area contributed by atoms with Crippen molar-refractivity contribution in [2.75, 3.05) is 0 Å². The van der Waals surface area contributed by atoms with Gasteiger partial charge in [0.05, 0.1) is 0 Å². The molecule has 3 rings (SSSR count). The van der Waals surface area contributed by atoms with Crippen LogP contribution in [0.1, 0.15) is 12.5 Å². The summed E-state index contributed by atoms with van der Waals surface area (Å²) in [6, 6.07) is 18.4. The van der Waals surface area contributed by atoms with Gasteiger partial charge in [-0.25, -0.2) is 4.98 Å². The van der Waals surface area contributed by atoms with Gasteiger partial charge in [-0.15, -0.1) is 0 Å². The molecule has 19 heavy (non-hydrogen) atoms. The number of aromatic amines is 1. The van der Waals surface area contributed by atoms with E-state index in [0.717, 1.165) is 29.2 Å². The first kappa shape index (κ1) is 11.7. The summed E-state index contributed by atoms with van der Waals surface area (Å²) in [4.78, 5) is 4.54. The van der Waals surface area contributed by atoms with E-state index in [1.165, 1.54) is 5.56 Å². The van der Waals surface area contributed by atoms with Crippen LogP contribution in [0.15, 0.2) is 54.6 Å². The van der Waals surface area contributed by atoms with Crippen molar-refractivity contribution in [3.8, 4) is 22.8 Å². The van der Waals surface area contributed by atoms with E-state index in [4.69, 9.17) is 0 Å². The fraction of sp³-hybridized carbons (Fsp3) is 0.125. The van der Waals surface area contributed by atoms with Gasteiger partial charge in [0.25, 0.3) is 0 Å². The summed E-state index contributed by atoms with van der Waals surface area (Å²) >= 11 is 0. The number of benzene rings is 2. The lowest BCUT2D eigenvalue weighted by Crippen LogP contribution is -1.83. The van der Waals surface area contributed by atoms with E-state index < -0.39 is 0 Å². The van der Waals surface area contributed by atoms with Crippen LogP contribution in [-0.2, 0) is 6.42 Å². The molecule has 0 radical (unpaired) electrons. The number of nitrogens with zero attached hydrogens (tertiary/aromatic N) is 2. The Morgan fingerprint density at radius 1 is 0.895 bits per heavy atom. The number of H-pyrrole nitrogens is 1. The summed E-state index contributed by atoms with van der Waals surface area (Å²) < 4.78 is 0. The first-order valence-corrected chi connectivity index (χ1v) is 6.44. The molecule has 3 nitrogen and oxygen atoms in total. The first-order chi connectivity index (χ1) is 9.36. The lowest BCUT2D eigenvalue weighted by atomic mass is 10.1. The highest BCUT2D eigenvalue weighted by Gasteiger charge is 2.06. The minimum atomic E-state index is 0.732. The highest BCUT2D eigenvalue weighted by atomic mass is 15.2. The van der Waals surface area contributed by atoms with Crippen LogP contribution in [0.25, 0.3) is 22.8 Å². The standard InChI is InChI=1S/C16H15N3/c1-2-12-8-10-14(11-9-12)16-17-15(18-19-16)13-6-4-3-5-7-13/h3-11H,2H2,1H3,(H,17,18,19). The number of rotatable bonds is 3. The molecule has 3 aromatic rings. The molecule has 0 unspecified atom stereocenters. The average molecular weight is 249 g/mol. The summed E-state index contributed by atoms with van der Waals surface area (Å²) in [7, 11) is 0. The van der Waals surface area contributed by atoms with Gasteiger partial charge in [0.15, 0.2) is 11.6 Å². The molecule has 0 aliphatic rings. The Kier molecular flexibility index (Phi) is 3.11. The summed E-state index contributed by atoms with van der Waals surface area (Å²) in [5.74, 6) is 1.54. The first-order valence-electron chi connectivity index (χ1n) is 6.44. The Hall–Kier alpha value is -2.42. The molecule has 0 spiro atoms. The summed E-state index contributed by atoms with van der Waals surface area (Å²) in [5, 5.41) is 7.27. The summed E-state index contributed by atoms with van der Waals surface area (Å²) in [6.45, 7) is 2.15. The second-order valence-electron chi connectivity index (χ2n) is 4.42. The molecule has 1 heterocycles. The van der Waals surface area contributed by atoms with Gasteiger partial charge in [-0.05, 0) is 12.0 Å². The SMILES string of the molecule is CCc1ccc(-c2nc(-c3ccccc3)n[nH]2)cc1. The summed E-state index contributed by atoms with van der Waals surface area (Å²) in [6.07, 6.45) is 1.05.